The monoisotopic (exact) mass is 277 g/mol. The quantitative estimate of drug-likeness (QED) is 0.626. The molecule has 0 aromatic heterocycles. The Kier molecular flexibility index (Phi) is 3.44. The van der Waals surface area contributed by atoms with Gasteiger partial charge in [-0.15, -0.1) is 0 Å². The standard InChI is InChI=1S/C10H10BrF2NO/c1-14(2)8-5-3-4-7(6-8)9(15)10(11,12)13/h3-6H,1-2H3. The summed E-state index contributed by atoms with van der Waals surface area (Å²) in [6.45, 7) is 0. The van der Waals surface area contributed by atoms with E-state index in [1.807, 2.05) is 15.9 Å². The van der Waals surface area contributed by atoms with Crippen molar-refractivity contribution >= 4 is 27.4 Å². The Labute approximate surface area is 95.0 Å². The zero-order valence-electron chi connectivity index (χ0n) is 8.30. The molecule has 1 aromatic carbocycles. The van der Waals surface area contributed by atoms with E-state index in [2.05, 4.69) is 0 Å². The van der Waals surface area contributed by atoms with Crippen LogP contribution in [0.5, 0.6) is 0 Å². The van der Waals surface area contributed by atoms with Crippen molar-refractivity contribution in [3.05, 3.63) is 29.8 Å². The number of anilines is 1. The van der Waals surface area contributed by atoms with E-state index in [1.54, 1.807) is 31.1 Å². The van der Waals surface area contributed by atoms with Crippen molar-refractivity contribution in [3.63, 3.8) is 0 Å². The molecule has 1 rings (SSSR count). The van der Waals surface area contributed by atoms with Crippen molar-refractivity contribution in [2.24, 2.45) is 0 Å². The molecule has 0 N–H and O–H groups in total. The van der Waals surface area contributed by atoms with E-state index >= 15 is 0 Å². The van der Waals surface area contributed by atoms with E-state index in [1.165, 1.54) is 12.1 Å². The van der Waals surface area contributed by atoms with Crippen LogP contribution in [0.1, 0.15) is 10.4 Å². The van der Waals surface area contributed by atoms with Crippen molar-refractivity contribution in [2.75, 3.05) is 19.0 Å². The Hall–Kier alpha value is -0.970. The van der Waals surface area contributed by atoms with Gasteiger partial charge >= 0.3 is 4.83 Å². The fourth-order valence-corrected chi connectivity index (χ4v) is 1.32. The number of rotatable bonds is 3. The predicted molar refractivity (Wildman–Crippen MR) is 59.0 cm³/mol. The Morgan fingerprint density at radius 2 is 2.00 bits per heavy atom. The summed E-state index contributed by atoms with van der Waals surface area (Å²) < 4.78 is 25.4. The van der Waals surface area contributed by atoms with Gasteiger partial charge in [-0.25, -0.2) is 0 Å². The number of benzene rings is 1. The fourth-order valence-electron chi connectivity index (χ4n) is 1.09. The van der Waals surface area contributed by atoms with Crippen LogP contribution in [-0.4, -0.2) is 24.7 Å². The van der Waals surface area contributed by atoms with Gasteiger partial charge in [-0.3, -0.25) is 4.79 Å². The van der Waals surface area contributed by atoms with Crippen LogP contribution >= 0.6 is 15.9 Å². The summed E-state index contributed by atoms with van der Waals surface area (Å²) in [5, 5.41) is 0. The first-order valence-electron chi connectivity index (χ1n) is 4.21. The van der Waals surface area contributed by atoms with Crippen LogP contribution in [0.3, 0.4) is 0 Å². The van der Waals surface area contributed by atoms with Gasteiger partial charge in [0.2, 0.25) is 5.78 Å². The molecule has 5 heteroatoms. The smallest absolute Gasteiger partial charge is 0.363 e. The number of Topliss-reactive ketones (excluding diaryl/α,β-unsaturated/α-hetero) is 1. The molecular weight excluding hydrogens is 268 g/mol. The van der Waals surface area contributed by atoms with Gasteiger partial charge in [0, 0.05) is 25.3 Å². The van der Waals surface area contributed by atoms with E-state index in [4.69, 9.17) is 0 Å². The number of ketones is 1. The third-order valence-electron chi connectivity index (χ3n) is 1.88. The van der Waals surface area contributed by atoms with Crippen molar-refractivity contribution in [3.8, 4) is 0 Å². The van der Waals surface area contributed by atoms with Crippen molar-refractivity contribution < 1.29 is 13.6 Å². The Bertz CT molecular complexity index is 374. The summed E-state index contributed by atoms with van der Waals surface area (Å²) in [5.41, 5.74) is 0.695. The number of hydrogen-bond acceptors (Lipinski definition) is 2. The van der Waals surface area contributed by atoms with Crippen molar-refractivity contribution in [1.82, 2.24) is 0 Å². The average Bonchev–Trinajstić information content (AvgIpc) is 2.15. The average molecular weight is 278 g/mol. The second-order valence-electron chi connectivity index (χ2n) is 3.27. The molecule has 0 saturated carbocycles. The maximum absolute atomic E-state index is 12.7. The summed E-state index contributed by atoms with van der Waals surface area (Å²) >= 11 is 2.05. The normalized spacial score (nSPS) is 11.3. The van der Waals surface area contributed by atoms with Crippen LogP contribution < -0.4 is 4.90 Å². The minimum atomic E-state index is -3.50. The largest absolute Gasteiger partial charge is 0.378 e. The van der Waals surface area contributed by atoms with Gasteiger partial charge in [-0.1, -0.05) is 12.1 Å². The van der Waals surface area contributed by atoms with Crippen LogP contribution in [0, 0.1) is 0 Å². The van der Waals surface area contributed by atoms with Crippen LogP contribution in [0.25, 0.3) is 0 Å². The highest BCUT2D eigenvalue weighted by atomic mass is 79.9. The third-order valence-corrected chi connectivity index (χ3v) is 2.24. The number of alkyl halides is 3. The molecule has 0 aliphatic rings. The minimum Gasteiger partial charge on any atom is -0.378 e. The van der Waals surface area contributed by atoms with Gasteiger partial charge in [-0.2, -0.15) is 8.78 Å². The molecule has 0 spiro atoms. The molecule has 0 unspecified atom stereocenters. The molecule has 0 amide bonds. The summed E-state index contributed by atoms with van der Waals surface area (Å²) in [6.07, 6.45) is 0. The fraction of sp³-hybridized carbons (Fsp3) is 0.300. The SMILES string of the molecule is CN(C)c1cccc(C(=O)C(F)(F)Br)c1. The van der Waals surface area contributed by atoms with Crippen LogP contribution in [0.15, 0.2) is 24.3 Å². The van der Waals surface area contributed by atoms with E-state index in [9.17, 15) is 13.6 Å². The maximum atomic E-state index is 12.7. The number of halogens is 3. The van der Waals surface area contributed by atoms with E-state index in [0.717, 1.165) is 0 Å². The summed E-state index contributed by atoms with van der Waals surface area (Å²) in [7, 11) is 3.55. The summed E-state index contributed by atoms with van der Waals surface area (Å²) in [6, 6.07) is 6.10. The molecule has 0 bridgehead atoms. The highest BCUT2D eigenvalue weighted by Gasteiger charge is 2.35. The number of carbonyl (C=O) groups is 1. The molecule has 0 aliphatic carbocycles. The lowest BCUT2D eigenvalue weighted by Crippen LogP contribution is -2.21. The van der Waals surface area contributed by atoms with Gasteiger partial charge in [0.15, 0.2) is 0 Å². The molecule has 1 aromatic rings. The molecule has 2 nitrogen and oxygen atoms in total. The van der Waals surface area contributed by atoms with Crippen LogP contribution in [0.2, 0.25) is 0 Å². The molecular formula is C10H10BrF2NO. The highest BCUT2D eigenvalue weighted by Crippen LogP contribution is 2.27. The lowest BCUT2D eigenvalue weighted by molar-refractivity contribution is 0.0592. The van der Waals surface area contributed by atoms with E-state index in [0.29, 0.717) is 5.69 Å². The maximum Gasteiger partial charge on any atom is 0.363 e. The topological polar surface area (TPSA) is 20.3 Å². The van der Waals surface area contributed by atoms with Crippen molar-refractivity contribution in [1.29, 1.82) is 0 Å². The van der Waals surface area contributed by atoms with E-state index in [-0.39, 0.29) is 5.56 Å². The molecule has 0 fully saturated rings. The first kappa shape index (κ1) is 12.1. The van der Waals surface area contributed by atoms with Crippen LogP contribution in [-0.2, 0) is 0 Å². The Balaban J connectivity index is 3.06. The first-order valence-corrected chi connectivity index (χ1v) is 5.00. The Morgan fingerprint density at radius 3 is 2.47 bits per heavy atom. The third kappa shape index (κ3) is 2.99. The van der Waals surface area contributed by atoms with Gasteiger partial charge in [0.1, 0.15) is 0 Å². The van der Waals surface area contributed by atoms with Crippen molar-refractivity contribution in [2.45, 2.75) is 4.83 Å². The number of hydrogen-bond donors (Lipinski definition) is 0. The Morgan fingerprint density at radius 1 is 1.40 bits per heavy atom. The van der Waals surface area contributed by atoms with Gasteiger partial charge in [0.25, 0.3) is 0 Å². The second-order valence-corrected chi connectivity index (χ2v) is 4.27. The molecule has 15 heavy (non-hydrogen) atoms. The molecule has 0 atom stereocenters. The van der Waals surface area contributed by atoms with Gasteiger partial charge in [-0.05, 0) is 28.1 Å². The zero-order chi connectivity index (χ0) is 11.6. The van der Waals surface area contributed by atoms with Gasteiger partial charge in [0.05, 0.1) is 0 Å². The molecule has 0 saturated heterocycles. The highest BCUT2D eigenvalue weighted by molar-refractivity contribution is 9.10. The predicted octanol–water partition coefficient (Wildman–Crippen LogP) is 2.92. The minimum absolute atomic E-state index is 0.0110. The second kappa shape index (κ2) is 4.26. The molecule has 82 valence electrons. The van der Waals surface area contributed by atoms with E-state index < -0.39 is 10.6 Å². The number of carbonyl (C=O) groups excluding carboxylic acids is 1. The van der Waals surface area contributed by atoms with Gasteiger partial charge < -0.3 is 4.90 Å². The molecule has 0 radical (unpaired) electrons. The first-order chi connectivity index (χ1) is 6.82. The molecule has 0 aliphatic heterocycles. The zero-order valence-corrected chi connectivity index (χ0v) is 9.88. The van der Waals surface area contributed by atoms with Crippen LogP contribution in [0.4, 0.5) is 14.5 Å². The lowest BCUT2D eigenvalue weighted by Gasteiger charge is -2.14. The number of nitrogens with zero attached hydrogens (tertiary/aromatic N) is 1. The summed E-state index contributed by atoms with van der Waals surface area (Å²) in [4.78, 5) is 9.46. The lowest BCUT2D eigenvalue weighted by atomic mass is 10.1. The molecule has 0 heterocycles. The summed E-state index contributed by atoms with van der Waals surface area (Å²) in [5.74, 6) is -1.23.